The minimum Gasteiger partial charge on any atom is -0.497 e. The molecule has 1 fully saturated rings. The average molecular weight is 247 g/mol. The number of likely N-dealkylation sites (tertiary alicyclic amines) is 1. The number of benzene rings is 1. The first kappa shape index (κ1) is 13.1. The zero-order chi connectivity index (χ0) is 13.0. The molecule has 0 amide bonds. The van der Waals surface area contributed by atoms with E-state index in [9.17, 15) is 4.79 Å². The Kier molecular flexibility index (Phi) is 4.37. The molecule has 0 saturated carbocycles. The van der Waals surface area contributed by atoms with Gasteiger partial charge < -0.3 is 9.64 Å². The van der Waals surface area contributed by atoms with E-state index < -0.39 is 0 Å². The number of hydrogen-bond acceptors (Lipinski definition) is 3. The molecule has 1 aromatic rings. The lowest BCUT2D eigenvalue weighted by molar-refractivity contribution is 0.0903. The van der Waals surface area contributed by atoms with Gasteiger partial charge in [0.2, 0.25) is 0 Å². The van der Waals surface area contributed by atoms with Crippen LogP contribution in [0.3, 0.4) is 0 Å². The van der Waals surface area contributed by atoms with E-state index in [1.807, 2.05) is 31.2 Å². The summed E-state index contributed by atoms with van der Waals surface area (Å²) in [6.07, 6.45) is 2.53. The Morgan fingerprint density at radius 2 is 1.89 bits per heavy atom. The molecule has 0 N–H and O–H groups in total. The molecule has 0 aromatic heterocycles. The SMILES string of the molecule is COc1ccc(C(=O)C(C)CN2CCCC2)cc1. The Bertz CT molecular complexity index is 393. The molecule has 1 unspecified atom stereocenters. The highest BCUT2D eigenvalue weighted by Crippen LogP contribution is 2.17. The molecule has 1 aromatic carbocycles. The summed E-state index contributed by atoms with van der Waals surface area (Å²) in [5.41, 5.74) is 0.780. The minimum atomic E-state index is 0.0662. The van der Waals surface area contributed by atoms with Crippen molar-refractivity contribution < 1.29 is 9.53 Å². The Balaban J connectivity index is 1.95. The number of methoxy groups -OCH3 is 1. The van der Waals surface area contributed by atoms with Crippen LogP contribution in [0.1, 0.15) is 30.1 Å². The van der Waals surface area contributed by atoms with Crippen molar-refractivity contribution in [3.63, 3.8) is 0 Å². The summed E-state index contributed by atoms with van der Waals surface area (Å²) in [7, 11) is 1.63. The standard InChI is InChI=1S/C15H21NO2/c1-12(11-16-9-3-4-10-16)15(17)13-5-7-14(18-2)8-6-13/h5-8,12H,3-4,9-11H2,1-2H3. The third-order valence-electron chi connectivity index (χ3n) is 3.55. The van der Waals surface area contributed by atoms with E-state index in [0.29, 0.717) is 0 Å². The number of carbonyl (C=O) groups is 1. The fourth-order valence-electron chi connectivity index (χ4n) is 2.48. The molecule has 0 spiro atoms. The Labute approximate surface area is 109 Å². The van der Waals surface area contributed by atoms with E-state index in [0.717, 1.165) is 30.9 Å². The fourth-order valence-corrected chi connectivity index (χ4v) is 2.48. The Morgan fingerprint density at radius 1 is 1.28 bits per heavy atom. The van der Waals surface area contributed by atoms with E-state index in [1.165, 1.54) is 12.8 Å². The van der Waals surface area contributed by atoms with Gasteiger partial charge in [0.05, 0.1) is 7.11 Å². The van der Waals surface area contributed by atoms with Gasteiger partial charge in [0.15, 0.2) is 5.78 Å². The summed E-state index contributed by atoms with van der Waals surface area (Å²) < 4.78 is 5.10. The van der Waals surface area contributed by atoms with Crippen LogP contribution < -0.4 is 4.74 Å². The molecule has 1 aliphatic heterocycles. The minimum absolute atomic E-state index is 0.0662. The van der Waals surface area contributed by atoms with Gasteiger partial charge in [-0.15, -0.1) is 0 Å². The van der Waals surface area contributed by atoms with E-state index >= 15 is 0 Å². The summed E-state index contributed by atoms with van der Waals surface area (Å²) in [5, 5.41) is 0. The van der Waals surface area contributed by atoms with E-state index in [4.69, 9.17) is 4.74 Å². The molecule has 0 radical (unpaired) electrons. The molecule has 1 atom stereocenters. The second kappa shape index (κ2) is 6.01. The molecule has 3 nitrogen and oxygen atoms in total. The molecule has 0 aliphatic carbocycles. The van der Waals surface area contributed by atoms with E-state index in [-0.39, 0.29) is 11.7 Å². The lowest BCUT2D eigenvalue weighted by Crippen LogP contribution is -2.29. The van der Waals surface area contributed by atoms with Crippen molar-refractivity contribution in [1.82, 2.24) is 4.90 Å². The third kappa shape index (κ3) is 3.10. The predicted molar refractivity (Wildman–Crippen MR) is 72.2 cm³/mol. The molecule has 0 bridgehead atoms. The maximum atomic E-state index is 12.3. The molecule has 1 saturated heterocycles. The van der Waals surface area contributed by atoms with Crippen LogP contribution in [-0.2, 0) is 0 Å². The second-order valence-corrected chi connectivity index (χ2v) is 5.00. The molecule has 3 heteroatoms. The number of hydrogen-bond donors (Lipinski definition) is 0. The molecular formula is C15H21NO2. The summed E-state index contributed by atoms with van der Waals surface area (Å²) >= 11 is 0. The number of ketones is 1. The zero-order valence-corrected chi connectivity index (χ0v) is 11.2. The van der Waals surface area contributed by atoms with Gasteiger partial charge in [-0.3, -0.25) is 4.79 Å². The fraction of sp³-hybridized carbons (Fsp3) is 0.533. The molecule has 1 aliphatic rings. The second-order valence-electron chi connectivity index (χ2n) is 5.00. The van der Waals surface area contributed by atoms with Crippen molar-refractivity contribution in [1.29, 1.82) is 0 Å². The first-order chi connectivity index (χ1) is 8.70. The summed E-state index contributed by atoms with van der Waals surface area (Å²) in [6, 6.07) is 7.38. The number of nitrogens with zero attached hydrogens (tertiary/aromatic N) is 1. The molecule has 98 valence electrons. The highest BCUT2D eigenvalue weighted by atomic mass is 16.5. The van der Waals surface area contributed by atoms with Crippen LogP contribution in [0.15, 0.2) is 24.3 Å². The van der Waals surface area contributed by atoms with Gasteiger partial charge in [-0.25, -0.2) is 0 Å². The normalized spacial score (nSPS) is 17.7. The van der Waals surface area contributed by atoms with Crippen molar-refractivity contribution in [2.24, 2.45) is 5.92 Å². The first-order valence-electron chi connectivity index (χ1n) is 6.61. The Morgan fingerprint density at radius 3 is 2.44 bits per heavy atom. The van der Waals surface area contributed by atoms with Crippen molar-refractivity contribution in [3.05, 3.63) is 29.8 Å². The monoisotopic (exact) mass is 247 g/mol. The van der Waals surface area contributed by atoms with Crippen LogP contribution in [0, 0.1) is 5.92 Å². The highest BCUT2D eigenvalue weighted by Gasteiger charge is 2.20. The smallest absolute Gasteiger partial charge is 0.166 e. The number of rotatable bonds is 5. The third-order valence-corrected chi connectivity index (χ3v) is 3.55. The quantitative estimate of drug-likeness (QED) is 0.749. The van der Waals surface area contributed by atoms with Gasteiger partial charge in [-0.1, -0.05) is 6.92 Å². The maximum absolute atomic E-state index is 12.3. The van der Waals surface area contributed by atoms with Crippen molar-refractivity contribution >= 4 is 5.78 Å². The van der Waals surface area contributed by atoms with Crippen LogP contribution in [0.4, 0.5) is 0 Å². The van der Waals surface area contributed by atoms with Crippen LogP contribution in [0.2, 0.25) is 0 Å². The Hall–Kier alpha value is -1.35. The molecular weight excluding hydrogens is 226 g/mol. The van der Waals surface area contributed by atoms with Crippen LogP contribution in [0.25, 0.3) is 0 Å². The van der Waals surface area contributed by atoms with Crippen LogP contribution >= 0.6 is 0 Å². The highest BCUT2D eigenvalue weighted by molar-refractivity contribution is 5.97. The first-order valence-corrected chi connectivity index (χ1v) is 6.61. The van der Waals surface area contributed by atoms with Gasteiger partial charge in [-0.2, -0.15) is 0 Å². The van der Waals surface area contributed by atoms with Gasteiger partial charge >= 0.3 is 0 Å². The van der Waals surface area contributed by atoms with Crippen molar-refractivity contribution in [2.45, 2.75) is 19.8 Å². The molecule has 2 rings (SSSR count). The molecule has 1 heterocycles. The largest absolute Gasteiger partial charge is 0.497 e. The summed E-state index contributed by atoms with van der Waals surface area (Å²) in [5.74, 6) is 1.08. The van der Waals surface area contributed by atoms with Crippen LogP contribution in [0.5, 0.6) is 5.75 Å². The maximum Gasteiger partial charge on any atom is 0.166 e. The van der Waals surface area contributed by atoms with E-state index in [1.54, 1.807) is 7.11 Å². The summed E-state index contributed by atoms with van der Waals surface area (Å²) in [4.78, 5) is 14.6. The number of carbonyl (C=O) groups excluding carboxylic acids is 1. The van der Waals surface area contributed by atoms with Crippen molar-refractivity contribution in [3.8, 4) is 5.75 Å². The number of Topliss-reactive ketones (excluding diaryl/α,β-unsaturated/α-hetero) is 1. The van der Waals surface area contributed by atoms with Gasteiger partial charge in [0, 0.05) is 18.0 Å². The van der Waals surface area contributed by atoms with E-state index in [2.05, 4.69) is 4.90 Å². The topological polar surface area (TPSA) is 29.5 Å². The van der Waals surface area contributed by atoms with Crippen molar-refractivity contribution in [2.75, 3.05) is 26.7 Å². The van der Waals surface area contributed by atoms with Gasteiger partial charge in [0.1, 0.15) is 5.75 Å². The average Bonchev–Trinajstić information content (AvgIpc) is 2.91. The summed E-state index contributed by atoms with van der Waals surface area (Å²) in [6.45, 7) is 5.18. The lowest BCUT2D eigenvalue weighted by atomic mass is 9.99. The number of ether oxygens (including phenoxy) is 1. The molecule has 18 heavy (non-hydrogen) atoms. The van der Waals surface area contributed by atoms with Gasteiger partial charge in [0.25, 0.3) is 0 Å². The lowest BCUT2D eigenvalue weighted by Gasteiger charge is -2.19. The van der Waals surface area contributed by atoms with Crippen LogP contribution in [-0.4, -0.2) is 37.4 Å². The van der Waals surface area contributed by atoms with Gasteiger partial charge in [-0.05, 0) is 50.2 Å². The zero-order valence-electron chi connectivity index (χ0n) is 11.2. The predicted octanol–water partition coefficient (Wildman–Crippen LogP) is 2.61.